The Morgan fingerprint density at radius 2 is 1.77 bits per heavy atom. The van der Waals surface area contributed by atoms with Crippen molar-refractivity contribution < 1.29 is 4.39 Å². The van der Waals surface area contributed by atoms with Crippen LogP contribution in [0.5, 0.6) is 0 Å². The summed E-state index contributed by atoms with van der Waals surface area (Å²) in [5, 5.41) is 0. The standard InChI is InChI=1S/C19H23FN2/c1-14-12-16(13-21-18-6-4-3-5-7-18)15(2)22(14)19-10-8-17(20)9-11-19/h8-13,18H,3-7H2,1-2H3. The van der Waals surface area contributed by atoms with Crippen LogP contribution in [0, 0.1) is 19.7 Å². The van der Waals surface area contributed by atoms with E-state index in [0.717, 1.165) is 22.6 Å². The van der Waals surface area contributed by atoms with E-state index in [-0.39, 0.29) is 5.82 Å². The highest BCUT2D eigenvalue weighted by Crippen LogP contribution is 2.22. The summed E-state index contributed by atoms with van der Waals surface area (Å²) in [6.45, 7) is 4.17. The van der Waals surface area contributed by atoms with Crippen LogP contribution in [0.1, 0.15) is 49.1 Å². The molecule has 1 aliphatic rings. The Bertz CT molecular complexity index is 661. The van der Waals surface area contributed by atoms with Gasteiger partial charge in [-0.15, -0.1) is 0 Å². The molecule has 3 heteroatoms. The second-order valence-corrected chi connectivity index (χ2v) is 6.21. The molecule has 2 aromatic rings. The Morgan fingerprint density at radius 1 is 1.09 bits per heavy atom. The highest BCUT2D eigenvalue weighted by atomic mass is 19.1. The van der Waals surface area contributed by atoms with E-state index in [1.165, 1.54) is 44.2 Å². The molecule has 22 heavy (non-hydrogen) atoms. The average Bonchev–Trinajstić information content (AvgIpc) is 2.82. The van der Waals surface area contributed by atoms with Gasteiger partial charge in [0.2, 0.25) is 0 Å². The van der Waals surface area contributed by atoms with Crippen LogP contribution < -0.4 is 0 Å². The summed E-state index contributed by atoms with van der Waals surface area (Å²) in [6, 6.07) is 9.29. The molecule has 1 aromatic heterocycles. The number of benzene rings is 1. The van der Waals surface area contributed by atoms with Crippen molar-refractivity contribution in [3.8, 4) is 5.69 Å². The Morgan fingerprint density at radius 3 is 2.45 bits per heavy atom. The molecule has 0 radical (unpaired) electrons. The Hall–Kier alpha value is -1.90. The monoisotopic (exact) mass is 298 g/mol. The zero-order chi connectivity index (χ0) is 15.5. The largest absolute Gasteiger partial charge is 0.318 e. The van der Waals surface area contributed by atoms with Crippen LogP contribution in [0.4, 0.5) is 4.39 Å². The van der Waals surface area contributed by atoms with Crippen molar-refractivity contribution in [2.24, 2.45) is 4.99 Å². The SMILES string of the molecule is Cc1cc(C=NC2CCCCC2)c(C)n1-c1ccc(F)cc1. The molecule has 3 rings (SSSR count). The van der Waals surface area contributed by atoms with Crippen LogP contribution in [0.3, 0.4) is 0 Å². The first kappa shape index (κ1) is 15.0. The summed E-state index contributed by atoms with van der Waals surface area (Å²) >= 11 is 0. The molecule has 0 N–H and O–H groups in total. The fraction of sp³-hybridized carbons (Fsp3) is 0.421. The summed E-state index contributed by atoms with van der Waals surface area (Å²) in [6.07, 6.45) is 8.41. The van der Waals surface area contributed by atoms with Crippen molar-refractivity contribution >= 4 is 6.21 Å². The predicted octanol–water partition coefficient (Wildman–Crippen LogP) is 4.98. The fourth-order valence-electron chi connectivity index (χ4n) is 3.32. The first-order valence-corrected chi connectivity index (χ1v) is 8.13. The minimum Gasteiger partial charge on any atom is -0.318 e. The van der Waals surface area contributed by atoms with Gasteiger partial charge in [-0.25, -0.2) is 4.39 Å². The first-order valence-electron chi connectivity index (χ1n) is 8.13. The smallest absolute Gasteiger partial charge is 0.123 e. The second-order valence-electron chi connectivity index (χ2n) is 6.21. The van der Waals surface area contributed by atoms with E-state index >= 15 is 0 Å². The van der Waals surface area contributed by atoms with E-state index < -0.39 is 0 Å². The van der Waals surface area contributed by atoms with E-state index in [9.17, 15) is 4.39 Å². The molecule has 1 fully saturated rings. The van der Waals surface area contributed by atoms with Crippen molar-refractivity contribution in [3.63, 3.8) is 0 Å². The lowest BCUT2D eigenvalue weighted by Gasteiger charge is -2.17. The minimum absolute atomic E-state index is 0.203. The third-order valence-corrected chi connectivity index (χ3v) is 4.55. The fourth-order valence-corrected chi connectivity index (χ4v) is 3.32. The van der Waals surface area contributed by atoms with E-state index in [1.807, 2.05) is 18.3 Å². The zero-order valence-corrected chi connectivity index (χ0v) is 13.3. The van der Waals surface area contributed by atoms with Gasteiger partial charge in [0.15, 0.2) is 0 Å². The van der Waals surface area contributed by atoms with Crippen LogP contribution in [-0.4, -0.2) is 16.8 Å². The van der Waals surface area contributed by atoms with Gasteiger partial charge in [0.05, 0.1) is 0 Å². The summed E-state index contributed by atoms with van der Waals surface area (Å²) in [5.41, 5.74) is 4.46. The van der Waals surface area contributed by atoms with Crippen molar-refractivity contribution in [2.75, 3.05) is 0 Å². The average molecular weight is 298 g/mol. The molecule has 2 nitrogen and oxygen atoms in total. The quantitative estimate of drug-likeness (QED) is 0.711. The highest BCUT2D eigenvalue weighted by molar-refractivity contribution is 5.82. The summed E-state index contributed by atoms with van der Waals surface area (Å²) in [5.74, 6) is -0.203. The number of aliphatic imine (C=N–C) groups is 1. The van der Waals surface area contributed by atoms with Crippen LogP contribution in [0.25, 0.3) is 5.69 Å². The van der Waals surface area contributed by atoms with Gasteiger partial charge < -0.3 is 4.57 Å². The van der Waals surface area contributed by atoms with Gasteiger partial charge in [0.25, 0.3) is 0 Å². The van der Waals surface area contributed by atoms with Gasteiger partial charge in [0.1, 0.15) is 5.82 Å². The molecule has 0 aliphatic heterocycles. The lowest BCUT2D eigenvalue weighted by molar-refractivity contribution is 0.444. The van der Waals surface area contributed by atoms with E-state index in [1.54, 1.807) is 0 Å². The molecule has 116 valence electrons. The second kappa shape index (κ2) is 6.47. The third kappa shape index (κ3) is 3.13. The summed E-state index contributed by atoms with van der Waals surface area (Å²) < 4.78 is 15.3. The molecular weight excluding hydrogens is 275 g/mol. The summed E-state index contributed by atoms with van der Waals surface area (Å²) in [4.78, 5) is 4.78. The molecule has 0 saturated heterocycles. The van der Waals surface area contributed by atoms with Gasteiger partial charge in [-0.3, -0.25) is 4.99 Å². The van der Waals surface area contributed by atoms with E-state index in [2.05, 4.69) is 24.5 Å². The number of rotatable bonds is 3. The Balaban J connectivity index is 1.86. The maximum atomic E-state index is 13.1. The predicted molar refractivity (Wildman–Crippen MR) is 89.7 cm³/mol. The molecule has 1 aliphatic carbocycles. The number of halogens is 1. The normalized spacial score (nSPS) is 16.5. The molecule has 1 heterocycles. The third-order valence-electron chi connectivity index (χ3n) is 4.55. The van der Waals surface area contributed by atoms with Crippen LogP contribution in [0.15, 0.2) is 35.3 Å². The summed E-state index contributed by atoms with van der Waals surface area (Å²) in [7, 11) is 0. The lowest BCUT2D eigenvalue weighted by atomic mass is 9.96. The molecule has 0 atom stereocenters. The molecular formula is C19H23FN2. The lowest BCUT2D eigenvalue weighted by Crippen LogP contribution is -2.09. The molecule has 0 unspecified atom stereocenters. The number of aryl methyl sites for hydroxylation is 1. The van der Waals surface area contributed by atoms with Gasteiger partial charge in [-0.1, -0.05) is 19.3 Å². The number of nitrogens with zero attached hydrogens (tertiary/aromatic N) is 2. The van der Waals surface area contributed by atoms with E-state index in [0.29, 0.717) is 6.04 Å². The van der Waals surface area contributed by atoms with Gasteiger partial charge in [0, 0.05) is 34.9 Å². The van der Waals surface area contributed by atoms with Crippen molar-refractivity contribution in [1.82, 2.24) is 4.57 Å². The topological polar surface area (TPSA) is 17.3 Å². The maximum absolute atomic E-state index is 13.1. The number of aromatic nitrogens is 1. The maximum Gasteiger partial charge on any atom is 0.123 e. The molecule has 0 spiro atoms. The molecule has 0 amide bonds. The van der Waals surface area contributed by atoms with Crippen LogP contribution >= 0.6 is 0 Å². The van der Waals surface area contributed by atoms with Crippen molar-refractivity contribution in [1.29, 1.82) is 0 Å². The van der Waals surface area contributed by atoms with Crippen molar-refractivity contribution in [3.05, 3.63) is 53.1 Å². The van der Waals surface area contributed by atoms with Crippen molar-refractivity contribution in [2.45, 2.75) is 52.0 Å². The first-order chi connectivity index (χ1) is 10.6. The Kier molecular flexibility index (Phi) is 4.41. The Labute approximate surface area is 131 Å². The van der Waals surface area contributed by atoms with Gasteiger partial charge in [-0.05, 0) is 57.0 Å². The number of hydrogen-bond donors (Lipinski definition) is 0. The van der Waals surface area contributed by atoms with Crippen LogP contribution in [0.2, 0.25) is 0 Å². The molecule has 1 aromatic carbocycles. The molecule has 0 bridgehead atoms. The van der Waals surface area contributed by atoms with Gasteiger partial charge >= 0.3 is 0 Å². The van der Waals surface area contributed by atoms with Crippen LogP contribution in [-0.2, 0) is 0 Å². The highest BCUT2D eigenvalue weighted by Gasteiger charge is 2.13. The van der Waals surface area contributed by atoms with E-state index in [4.69, 9.17) is 4.99 Å². The number of hydrogen-bond acceptors (Lipinski definition) is 1. The minimum atomic E-state index is -0.203. The zero-order valence-electron chi connectivity index (χ0n) is 13.3. The molecule has 1 saturated carbocycles. The van der Waals surface area contributed by atoms with Gasteiger partial charge in [-0.2, -0.15) is 0 Å².